The zero-order chi connectivity index (χ0) is 14.7. The molecule has 2 aromatic rings. The van der Waals surface area contributed by atoms with E-state index in [0.29, 0.717) is 16.9 Å². The Morgan fingerprint density at radius 2 is 2.25 bits per heavy atom. The average molecular weight is 311 g/mol. The maximum atomic E-state index is 11.6. The van der Waals surface area contributed by atoms with Crippen LogP contribution in [0, 0.1) is 5.92 Å². The Morgan fingerprint density at radius 3 is 2.95 bits per heavy atom. The third kappa shape index (κ3) is 3.05. The fourth-order valence-electron chi connectivity index (χ4n) is 1.77. The van der Waals surface area contributed by atoms with Crippen LogP contribution in [0.25, 0.3) is 11.0 Å². The Balaban J connectivity index is 2.31. The highest BCUT2D eigenvalue weighted by Crippen LogP contribution is 2.21. The number of hydrogen-bond donors (Lipinski definition) is 1. The van der Waals surface area contributed by atoms with E-state index in [0.717, 1.165) is 10.2 Å². The number of rotatable bonds is 4. The van der Waals surface area contributed by atoms with Crippen LogP contribution in [0.4, 0.5) is 5.82 Å². The van der Waals surface area contributed by atoms with Gasteiger partial charge in [0.15, 0.2) is 5.82 Å². The second-order valence-corrected chi connectivity index (χ2v) is 6.04. The summed E-state index contributed by atoms with van der Waals surface area (Å²) in [7, 11) is 2.12. The first kappa shape index (κ1) is 14.7. The van der Waals surface area contributed by atoms with E-state index in [-0.39, 0.29) is 22.8 Å². The van der Waals surface area contributed by atoms with Crippen LogP contribution in [0.1, 0.15) is 6.92 Å². The van der Waals surface area contributed by atoms with E-state index in [2.05, 4.69) is 20.3 Å². The molecular weight excluding hydrogens is 296 g/mol. The van der Waals surface area contributed by atoms with E-state index < -0.39 is 0 Å². The highest BCUT2D eigenvalue weighted by molar-refractivity contribution is 6.28. The van der Waals surface area contributed by atoms with Gasteiger partial charge in [-0.2, -0.15) is 4.98 Å². The summed E-state index contributed by atoms with van der Waals surface area (Å²) in [5.41, 5.74) is 1.25. The van der Waals surface area contributed by atoms with Gasteiger partial charge in [0.05, 0.1) is 18.5 Å². The summed E-state index contributed by atoms with van der Waals surface area (Å²) in [5.74, 6) is 0.0189. The van der Waals surface area contributed by atoms with E-state index >= 15 is 0 Å². The molecule has 0 fully saturated rings. The van der Waals surface area contributed by atoms with E-state index in [9.17, 15) is 4.79 Å². The molecule has 0 radical (unpaired) electrons. The summed E-state index contributed by atoms with van der Waals surface area (Å²) in [6, 6.07) is 3.59. The molecular formula is C12H15ClN4O2Si. The van der Waals surface area contributed by atoms with Crippen molar-refractivity contribution < 1.29 is 9.53 Å². The molecule has 0 aliphatic rings. The molecule has 1 N–H and O–H groups in total. The summed E-state index contributed by atoms with van der Waals surface area (Å²) in [4.78, 5) is 24.1. The number of nitrogens with one attached hydrogen (secondary N) is 1. The minimum absolute atomic E-state index is 0.0429. The van der Waals surface area contributed by atoms with Gasteiger partial charge in [-0.25, -0.2) is 4.98 Å². The quantitative estimate of drug-likeness (QED) is 0.506. The van der Waals surface area contributed by atoms with Crippen LogP contribution in [0.2, 0.25) is 5.28 Å². The van der Waals surface area contributed by atoms with E-state index in [1.807, 2.05) is 13.0 Å². The van der Waals surface area contributed by atoms with Crippen LogP contribution < -0.4 is 5.32 Å². The average Bonchev–Trinajstić information content (AvgIpc) is 2.45. The van der Waals surface area contributed by atoms with Gasteiger partial charge in [-0.05, 0) is 23.7 Å². The van der Waals surface area contributed by atoms with Gasteiger partial charge in [-0.15, -0.1) is 0 Å². The molecule has 0 spiro atoms. The van der Waals surface area contributed by atoms with Crippen LogP contribution in [0.15, 0.2) is 18.3 Å². The highest BCUT2D eigenvalue weighted by atomic mass is 35.5. The highest BCUT2D eigenvalue weighted by Gasteiger charge is 2.22. The summed E-state index contributed by atoms with van der Waals surface area (Å²) in [5, 5.41) is 3.35. The van der Waals surface area contributed by atoms with Gasteiger partial charge in [0.1, 0.15) is 5.52 Å². The number of carbonyl (C=O) groups is 1. The summed E-state index contributed by atoms with van der Waals surface area (Å²) in [6.07, 6.45) is 1.66. The number of anilines is 1. The molecule has 6 nitrogen and oxygen atoms in total. The SMILES string of the molecule is COC(=O)[C@H](C)C([SiH3])Nc1nc(Cl)nc2cccnc12. The molecule has 0 aliphatic heterocycles. The second kappa shape index (κ2) is 6.15. The molecule has 2 atom stereocenters. The third-order valence-corrected chi connectivity index (χ3v) is 4.57. The van der Waals surface area contributed by atoms with E-state index in [1.54, 1.807) is 12.3 Å². The number of nitrogens with zero attached hydrogens (tertiary/aromatic N) is 3. The van der Waals surface area contributed by atoms with Gasteiger partial charge in [-0.1, -0.05) is 6.92 Å². The van der Waals surface area contributed by atoms with Gasteiger partial charge in [0.25, 0.3) is 0 Å². The maximum Gasteiger partial charge on any atom is 0.310 e. The zero-order valence-electron chi connectivity index (χ0n) is 11.4. The molecule has 2 rings (SSSR count). The molecule has 2 aromatic heterocycles. The van der Waals surface area contributed by atoms with Crippen molar-refractivity contribution >= 4 is 44.7 Å². The van der Waals surface area contributed by atoms with Crippen molar-refractivity contribution in [2.75, 3.05) is 12.4 Å². The number of carbonyl (C=O) groups excluding carboxylic acids is 1. The Morgan fingerprint density at radius 1 is 1.50 bits per heavy atom. The summed E-state index contributed by atoms with van der Waals surface area (Å²) < 4.78 is 4.75. The van der Waals surface area contributed by atoms with Crippen molar-refractivity contribution in [3.05, 3.63) is 23.6 Å². The van der Waals surface area contributed by atoms with Crippen molar-refractivity contribution in [2.24, 2.45) is 5.92 Å². The van der Waals surface area contributed by atoms with E-state index in [1.165, 1.54) is 7.11 Å². The number of pyridine rings is 1. The predicted molar refractivity (Wildman–Crippen MR) is 80.9 cm³/mol. The monoisotopic (exact) mass is 310 g/mol. The third-order valence-electron chi connectivity index (χ3n) is 3.11. The van der Waals surface area contributed by atoms with Crippen molar-refractivity contribution in [1.29, 1.82) is 0 Å². The topological polar surface area (TPSA) is 77.0 Å². The molecule has 0 amide bonds. The molecule has 0 aromatic carbocycles. The van der Waals surface area contributed by atoms with Gasteiger partial charge in [-0.3, -0.25) is 9.78 Å². The molecule has 106 valence electrons. The number of methoxy groups -OCH3 is 1. The minimum atomic E-state index is -0.265. The fraction of sp³-hybridized carbons (Fsp3) is 0.333. The first-order chi connectivity index (χ1) is 9.52. The standard InChI is InChI=1S/C12H15ClN4O2Si/c1-6(11(18)19-2)10(20)16-9-8-7(4-3-5-14-8)15-12(13)17-9/h3-6,10H,1-2,20H3,(H,15,16,17)/t6-,10?/m1/s1. The minimum Gasteiger partial charge on any atom is -0.469 e. The Labute approximate surface area is 124 Å². The molecule has 0 saturated heterocycles. The fourth-order valence-corrected chi connectivity index (χ4v) is 2.49. The molecule has 0 saturated carbocycles. The zero-order valence-corrected chi connectivity index (χ0v) is 14.2. The normalized spacial score (nSPS) is 13.9. The molecule has 8 heteroatoms. The van der Waals surface area contributed by atoms with Crippen LogP contribution in [-0.2, 0) is 9.53 Å². The van der Waals surface area contributed by atoms with Crippen LogP contribution in [-0.4, -0.2) is 43.9 Å². The number of hydrogen-bond acceptors (Lipinski definition) is 6. The van der Waals surface area contributed by atoms with Crippen LogP contribution in [0.5, 0.6) is 0 Å². The number of aromatic nitrogens is 3. The van der Waals surface area contributed by atoms with Crippen LogP contribution >= 0.6 is 11.6 Å². The number of fused-ring (bicyclic) bond motifs is 1. The van der Waals surface area contributed by atoms with Gasteiger partial charge in [0, 0.05) is 22.1 Å². The van der Waals surface area contributed by atoms with Crippen LogP contribution in [0.3, 0.4) is 0 Å². The summed E-state index contributed by atoms with van der Waals surface area (Å²) in [6.45, 7) is 1.81. The Bertz CT molecular complexity index is 640. The first-order valence-electron chi connectivity index (χ1n) is 6.15. The predicted octanol–water partition coefficient (Wildman–Crippen LogP) is 0.591. The number of esters is 1. The second-order valence-electron chi connectivity index (χ2n) is 4.46. The van der Waals surface area contributed by atoms with E-state index in [4.69, 9.17) is 16.3 Å². The largest absolute Gasteiger partial charge is 0.469 e. The maximum absolute atomic E-state index is 11.6. The Hall–Kier alpha value is -1.73. The lowest BCUT2D eigenvalue weighted by molar-refractivity contribution is -0.144. The van der Waals surface area contributed by atoms with Gasteiger partial charge < -0.3 is 10.1 Å². The molecule has 0 aliphatic carbocycles. The summed E-state index contributed by atoms with van der Waals surface area (Å²) >= 11 is 5.91. The number of halogens is 1. The first-order valence-corrected chi connectivity index (χ1v) is 7.69. The smallest absolute Gasteiger partial charge is 0.310 e. The number of ether oxygens (including phenoxy) is 1. The van der Waals surface area contributed by atoms with Crippen molar-refractivity contribution in [2.45, 2.75) is 12.6 Å². The van der Waals surface area contributed by atoms with Gasteiger partial charge >= 0.3 is 5.97 Å². The molecule has 2 heterocycles. The lowest BCUT2D eigenvalue weighted by atomic mass is 10.2. The molecule has 0 bridgehead atoms. The lowest BCUT2D eigenvalue weighted by Gasteiger charge is -2.20. The lowest BCUT2D eigenvalue weighted by Crippen LogP contribution is -2.34. The molecule has 1 unspecified atom stereocenters. The van der Waals surface area contributed by atoms with Crippen molar-refractivity contribution in [3.8, 4) is 0 Å². The van der Waals surface area contributed by atoms with Crippen molar-refractivity contribution in [3.63, 3.8) is 0 Å². The van der Waals surface area contributed by atoms with Crippen molar-refractivity contribution in [1.82, 2.24) is 15.0 Å². The Kier molecular flexibility index (Phi) is 4.51. The molecule has 20 heavy (non-hydrogen) atoms. The van der Waals surface area contributed by atoms with Gasteiger partial charge in [0.2, 0.25) is 5.28 Å².